The molecule has 1 fully saturated rings. The van der Waals surface area contributed by atoms with Crippen molar-refractivity contribution in [1.29, 1.82) is 0 Å². The number of nitrogens with zero attached hydrogens (tertiary/aromatic N) is 1. The molecule has 0 atom stereocenters. The molecular formula is C17H19NOS. The van der Waals surface area contributed by atoms with Gasteiger partial charge in [-0.25, -0.2) is 0 Å². The van der Waals surface area contributed by atoms with E-state index in [2.05, 4.69) is 65.6 Å². The first-order valence-corrected chi connectivity index (χ1v) is 8.07. The SMILES string of the molecule is CSOC1CN(C(c2ccccc2)c2ccccc2)C1. The highest BCUT2D eigenvalue weighted by Gasteiger charge is 2.34. The lowest BCUT2D eigenvalue weighted by Crippen LogP contribution is -2.52. The van der Waals surface area contributed by atoms with Gasteiger partial charge in [0.2, 0.25) is 0 Å². The van der Waals surface area contributed by atoms with E-state index in [1.165, 1.54) is 23.2 Å². The van der Waals surface area contributed by atoms with Crippen LogP contribution >= 0.6 is 12.0 Å². The Bertz CT molecular complexity index is 486. The van der Waals surface area contributed by atoms with Crippen LogP contribution in [-0.4, -0.2) is 30.3 Å². The Morgan fingerprint density at radius 2 is 1.45 bits per heavy atom. The molecule has 104 valence electrons. The van der Waals surface area contributed by atoms with E-state index < -0.39 is 0 Å². The molecule has 0 aliphatic carbocycles. The van der Waals surface area contributed by atoms with Crippen LogP contribution in [-0.2, 0) is 4.18 Å². The van der Waals surface area contributed by atoms with Crippen LogP contribution in [0.1, 0.15) is 17.2 Å². The lowest BCUT2D eigenvalue weighted by Gasteiger charge is -2.43. The maximum atomic E-state index is 5.60. The summed E-state index contributed by atoms with van der Waals surface area (Å²) in [7, 11) is 0. The first-order valence-electron chi connectivity index (χ1n) is 6.92. The zero-order valence-electron chi connectivity index (χ0n) is 11.6. The Morgan fingerprint density at radius 3 is 1.90 bits per heavy atom. The second kappa shape index (κ2) is 6.44. The van der Waals surface area contributed by atoms with E-state index in [0.717, 1.165) is 13.1 Å². The third-order valence-corrected chi connectivity index (χ3v) is 4.17. The lowest BCUT2D eigenvalue weighted by molar-refractivity contribution is 0.0124. The van der Waals surface area contributed by atoms with E-state index >= 15 is 0 Å². The van der Waals surface area contributed by atoms with Crippen LogP contribution < -0.4 is 0 Å². The smallest absolute Gasteiger partial charge is 0.0975 e. The minimum Gasteiger partial charge on any atom is -0.310 e. The molecule has 0 aromatic heterocycles. The fourth-order valence-electron chi connectivity index (χ4n) is 2.76. The van der Waals surface area contributed by atoms with Crippen LogP contribution in [0, 0.1) is 0 Å². The van der Waals surface area contributed by atoms with Crippen LogP contribution in [0.4, 0.5) is 0 Å². The molecule has 1 heterocycles. The molecule has 0 unspecified atom stereocenters. The summed E-state index contributed by atoms with van der Waals surface area (Å²) in [6.07, 6.45) is 2.34. The molecule has 2 aromatic rings. The molecule has 0 spiro atoms. The monoisotopic (exact) mass is 285 g/mol. The van der Waals surface area contributed by atoms with Gasteiger partial charge in [0, 0.05) is 19.3 Å². The first kappa shape index (κ1) is 13.7. The Morgan fingerprint density at radius 1 is 0.950 bits per heavy atom. The summed E-state index contributed by atoms with van der Waals surface area (Å²) in [6.45, 7) is 1.99. The van der Waals surface area contributed by atoms with Crippen molar-refractivity contribution in [3.63, 3.8) is 0 Å². The van der Waals surface area contributed by atoms with Crippen LogP contribution in [0.5, 0.6) is 0 Å². The molecule has 2 nitrogen and oxygen atoms in total. The van der Waals surface area contributed by atoms with Gasteiger partial charge in [0.1, 0.15) is 0 Å². The quantitative estimate of drug-likeness (QED) is 0.776. The third-order valence-electron chi connectivity index (χ3n) is 3.70. The van der Waals surface area contributed by atoms with Crippen LogP contribution in [0.2, 0.25) is 0 Å². The summed E-state index contributed by atoms with van der Waals surface area (Å²) in [5.74, 6) is 0. The molecule has 0 radical (unpaired) electrons. The van der Waals surface area contributed by atoms with Gasteiger partial charge in [0.25, 0.3) is 0 Å². The van der Waals surface area contributed by atoms with Crippen molar-refractivity contribution >= 4 is 12.0 Å². The van der Waals surface area contributed by atoms with Gasteiger partial charge in [-0.05, 0) is 23.2 Å². The van der Waals surface area contributed by atoms with E-state index in [1.807, 2.05) is 6.26 Å². The summed E-state index contributed by atoms with van der Waals surface area (Å²) in [6, 6.07) is 21.8. The summed E-state index contributed by atoms with van der Waals surface area (Å²) in [4.78, 5) is 2.48. The Kier molecular flexibility index (Phi) is 4.41. The highest BCUT2D eigenvalue weighted by atomic mass is 32.2. The molecule has 20 heavy (non-hydrogen) atoms. The van der Waals surface area contributed by atoms with Gasteiger partial charge in [-0.3, -0.25) is 4.90 Å². The van der Waals surface area contributed by atoms with Gasteiger partial charge in [-0.1, -0.05) is 60.7 Å². The van der Waals surface area contributed by atoms with Gasteiger partial charge in [-0.2, -0.15) is 0 Å². The first-order chi connectivity index (χ1) is 9.88. The van der Waals surface area contributed by atoms with E-state index in [-0.39, 0.29) is 0 Å². The highest BCUT2D eigenvalue weighted by molar-refractivity contribution is 7.93. The maximum Gasteiger partial charge on any atom is 0.0975 e. The maximum absolute atomic E-state index is 5.60. The highest BCUT2D eigenvalue weighted by Crippen LogP contribution is 2.33. The minimum absolute atomic E-state index is 0.333. The van der Waals surface area contributed by atoms with Crippen molar-refractivity contribution in [1.82, 2.24) is 4.90 Å². The summed E-state index contributed by atoms with van der Waals surface area (Å²) in [5, 5.41) is 0. The number of benzene rings is 2. The van der Waals surface area contributed by atoms with Gasteiger partial charge >= 0.3 is 0 Å². The second-order valence-electron chi connectivity index (χ2n) is 5.06. The Balaban J connectivity index is 1.83. The van der Waals surface area contributed by atoms with E-state index in [0.29, 0.717) is 12.1 Å². The zero-order valence-corrected chi connectivity index (χ0v) is 12.4. The van der Waals surface area contributed by atoms with Crippen molar-refractivity contribution in [3.05, 3.63) is 71.8 Å². The van der Waals surface area contributed by atoms with Crippen molar-refractivity contribution in [2.75, 3.05) is 19.3 Å². The van der Waals surface area contributed by atoms with Crippen molar-refractivity contribution in [2.45, 2.75) is 12.1 Å². The number of hydrogen-bond acceptors (Lipinski definition) is 3. The molecule has 1 aliphatic heterocycles. The van der Waals surface area contributed by atoms with Gasteiger partial charge in [-0.15, -0.1) is 0 Å². The molecule has 1 aliphatic rings. The summed E-state index contributed by atoms with van der Waals surface area (Å²) >= 11 is 1.46. The van der Waals surface area contributed by atoms with Crippen molar-refractivity contribution < 1.29 is 4.18 Å². The molecule has 0 bridgehead atoms. The number of hydrogen-bond donors (Lipinski definition) is 0. The van der Waals surface area contributed by atoms with Crippen LogP contribution in [0.25, 0.3) is 0 Å². The molecule has 0 amide bonds. The van der Waals surface area contributed by atoms with E-state index in [9.17, 15) is 0 Å². The normalized spacial score (nSPS) is 16.3. The Labute approximate surface area is 125 Å². The average Bonchev–Trinajstić information content (AvgIpc) is 2.47. The standard InChI is InChI=1S/C17H19NOS/c1-20-19-16-12-18(13-16)17(14-8-4-2-5-9-14)15-10-6-3-7-11-15/h2-11,16-17H,12-13H2,1H3. The Hall–Kier alpha value is -1.29. The third kappa shape index (κ3) is 2.90. The fraction of sp³-hybridized carbons (Fsp3) is 0.294. The predicted octanol–water partition coefficient (Wildman–Crippen LogP) is 3.75. The predicted molar refractivity (Wildman–Crippen MR) is 84.7 cm³/mol. The van der Waals surface area contributed by atoms with Crippen molar-refractivity contribution in [3.8, 4) is 0 Å². The fourth-order valence-corrected chi connectivity index (χ4v) is 3.16. The molecule has 0 N–H and O–H groups in total. The van der Waals surface area contributed by atoms with Crippen LogP contribution in [0.3, 0.4) is 0 Å². The van der Waals surface area contributed by atoms with Gasteiger partial charge < -0.3 is 4.18 Å². The topological polar surface area (TPSA) is 12.5 Å². The molecule has 3 heteroatoms. The second-order valence-corrected chi connectivity index (χ2v) is 5.59. The van der Waals surface area contributed by atoms with E-state index in [1.54, 1.807) is 0 Å². The zero-order chi connectivity index (χ0) is 13.8. The van der Waals surface area contributed by atoms with Gasteiger partial charge in [0.05, 0.1) is 12.1 Å². The van der Waals surface area contributed by atoms with Crippen molar-refractivity contribution in [2.24, 2.45) is 0 Å². The average molecular weight is 285 g/mol. The summed E-state index contributed by atoms with van der Waals surface area (Å²) < 4.78 is 5.60. The number of rotatable bonds is 5. The lowest BCUT2D eigenvalue weighted by atomic mass is 9.94. The minimum atomic E-state index is 0.333. The summed E-state index contributed by atoms with van der Waals surface area (Å²) in [5.41, 5.74) is 2.70. The molecule has 2 aromatic carbocycles. The molecule has 0 saturated carbocycles. The molecule has 1 saturated heterocycles. The van der Waals surface area contributed by atoms with Gasteiger partial charge in [0.15, 0.2) is 0 Å². The number of likely N-dealkylation sites (tertiary alicyclic amines) is 1. The van der Waals surface area contributed by atoms with Crippen LogP contribution in [0.15, 0.2) is 60.7 Å². The molecule has 3 rings (SSSR count). The van der Waals surface area contributed by atoms with E-state index in [4.69, 9.17) is 4.18 Å². The largest absolute Gasteiger partial charge is 0.310 e. The molecular weight excluding hydrogens is 266 g/mol.